The van der Waals surface area contributed by atoms with E-state index in [1.54, 1.807) is 11.3 Å². The van der Waals surface area contributed by atoms with Crippen LogP contribution in [-0.2, 0) is 6.54 Å². The summed E-state index contributed by atoms with van der Waals surface area (Å²) in [6, 6.07) is 15.2. The van der Waals surface area contributed by atoms with Crippen LogP contribution in [0, 0.1) is 0 Å². The van der Waals surface area contributed by atoms with Crippen molar-refractivity contribution >= 4 is 22.1 Å². The van der Waals surface area contributed by atoms with E-state index in [1.165, 1.54) is 26.8 Å². The second-order valence-electron chi connectivity index (χ2n) is 4.68. The maximum Gasteiger partial charge on any atom is 0.139 e. The van der Waals surface area contributed by atoms with Crippen molar-refractivity contribution in [2.24, 2.45) is 0 Å². The van der Waals surface area contributed by atoms with Crippen LogP contribution in [0.2, 0.25) is 0 Å². The molecular formula is C16H13NOS. The van der Waals surface area contributed by atoms with E-state index in [9.17, 15) is 0 Å². The Hall–Kier alpha value is -1.84. The van der Waals surface area contributed by atoms with Crippen LogP contribution in [0.1, 0.15) is 5.56 Å². The van der Waals surface area contributed by atoms with Crippen LogP contribution in [0.25, 0.3) is 21.2 Å². The van der Waals surface area contributed by atoms with Gasteiger partial charge in [0.15, 0.2) is 0 Å². The first-order valence-corrected chi connectivity index (χ1v) is 7.23. The van der Waals surface area contributed by atoms with Crippen molar-refractivity contribution in [1.29, 1.82) is 0 Å². The van der Waals surface area contributed by atoms with E-state index >= 15 is 0 Å². The first-order valence-electron chi connectivity index (χ1n) is 6.35. The monoisotopic (exact) mass is 267 g/mol. The van der Waals surface area contributed by atoms with E-state index in [0.717, 1.165) is 12.3 Å². The van der Waals surface area contributed by atoms with Gasteiger partial charge in [0, 0.05) is 22.4 Å². The molecule has 4 rings (SSSR count). The molecule has 3 heteroatoms. The van der Waals surface area contributed by atoms with Crippen molar-refractivity contribution in [3.63, 3.8) is 0 Å². The van der Waals surface area contributed by atoms with Crippen molar-refractivity contribution in [3.05, 3.63) is 53.4 Å². The SMILES string of the molecule is c1csc(-c2ccc3ccc4c(c3c2)OCNC4)c1. The van der Waals surface area contributed by atoms with Crippen molar-refractivity contribution < 1.29 is 4.74 Å². The van der Waals surface area contributed by atoms with Gasteiger partial charge in [-0.15, -0.1) is 11.3 Å². The lowest BCUT2D eigenvalue weighted by molar-refractivity contribution is 0.260. The summed E-state index contributed by atoms with van der Waals surface area (Å²) in [6.07, 6.45) is 0. The minimum atomic E-state index is 0.593. The van der Waals surface area contributed by atoms with Gasteiger partial charge < -0.3 is 4.74 Å². The number of thiophene rings is 1. The predicted molar refractivity (Wildman–Crippen MR) is 79.6 cm³/mol. The van der Waals surface area contributed by atoms with Crippen LogP contribution in [0.4, 0.5) is 0 Å². The molecule has 0 amide bonds. The van der Waals surface area contributed by atoms with Crippen molar-refractivity contribution in [2.45, 2.75) is 6.54 Å². The fourth-order valence-electron chi connectivity index (χ4n) is 2.55. The number of hydrogen-bond acceptors (Lipinski definition) is 3. The van der Waals surface area contributed by atoms with Crippen molar-refractivity contribution in [1.82, 2.24) is 5.32 Å². The first kappa shape index (κ1) is 11.0. The van der Waals surface area contributed by atoms with Crippen LogP contribution in [0.5, 0.6) is 5.75 Å². The molecule has 1 aromatic heterocycles. The number of rotatable bonds is 1. The molecule has 1 aliphatic heterocycles. The third kappa shape index (κ3) is 1.82. The Kier molecular flexibility index (Phi) is 2.53. The summed E-state index contributed by atoms with van der Waals surface area (Å²) < 4.78 is 5.80. The van der Waals surface area contributed by atoms with Gasteiger partial charge in [0.2, 0.25) is 0 Å². The molecule has 0 atom stereocenters. The summed E-state index contributed by atoms with van der Waals surface area (Å²) in [7, 11) is 0. The molecule has 3 aromatic rings. The third-order valence-corrected chi connectivity index (χ3v) is 4.41. The number of ether oxygens (including phenoxy) is 1. The van der Waals surface area contributed by atoms with Gasteiger partial charge in [0.1, 0.15) is 12.5 Å². The molecular weight excluding hydrogens is 254 g/mol. The van der Waals surface area contributed by atoms with E-state index in [4.69, 9.17) is 4.74 Å². The molecule has 1 aliphatic rings. The number of hydrogen-bond donors (Lipinski definition) is 1. The summed E-state index contributed by atoms with van der Waals surface area (Å²) in [5.41, 5.74) is 2.50. The fraction of sp³-hybridized carbons (Fsp3) is 0.125. The fourth-order valence-corrected chi connectivity index (χ4v) is 3.28. The van der Waals surface area contributed by atoms with E-state index < -0.39 is 0 Å². The van der Waals surface area contributed by atoms with Gasteiger partial charge in [-0.2, -0.15) is 0 Å². The summed E-state index contributed by atoms with van der Waals surface area (Å²) in [4.78, 5) is 1.30. The molecule has 2 aromatic carbocycles. The maximum atomic E-state index is 5.80. The molecule has 0 unspecified atom stereocenters. The van der Waals surface area contributed by atoms with Crippen LogP contribution in [0.15, 0.2) is 47.8 Å². The van der Waals surface area contributed by atoms with Gasteiger partial charge in [-0.25, -0.2) is 0 Å². The summed E-state index contributed by atoms with van der Waals surface area (Å²) in [5.74, 6) is 1.04. The standard InChI is InChI=1S/C16H13NOS/c1-2-15(19-7-1)12-5-3-11-4-6-13-9-17-10-18-16(13)14(11)8-12/h1-8,17H,9-10H2. The molecule has 2 nitrogen and oxygen atoms in total. The highest BCUT2D eigenvalue weighted by Gasteiger charge is 2.13. The Bertz CT molecular complexity index is 734. The zero-order valence-electron chi connectivity index (χ0n) is 10.3. The molecule has 0 fully saturated rings. The number of benzene rings is 2. The van der Waals surface area contributed by atoms with Crippen LogP contribution >= 0.6 is 11.3 Å². The summed E-state index contributed by atoms with van der Waals surface area (Å²) in [6.45, 7) is 1.48. The van der Waals surface area contributed by atoms with E-state index in [1.807, 2.05) is 0 Å². The average Bonchev–Trinajstić information content (AvgIpc) is 3.01. The first-order chi connectivity index (χ1) is 9.42. The van der Waals surface area contributed by atoms with Gasteiger partial charge in [-0.1, -0.05) is 30.3 Å². The predicted octanol–water partition coefficient (Wildman–Crippen LogP) is 4.01. The van der Waals surface area contributed by atoms with E-state index in [-0.39, 0.29) is 0 Å². The highest BCUT2D eigenvalue weighted by molar-refractivity contribution is 7.13. The third-order valence-electron chi connectivity index (χ3n) is 3.49. The highest BCUT2D eigenvalue weighted by atomic mass is 32.1. The van der Waals surface area contributed by atoms with Gasteiger partial charge in [-0.05, 0) is 28.5 Å². The second kappa shape index (κ2) is 4.37. The van der Waals surface area contributed by atoms with Gasteiger partial charge in [0.25, 0.3) is 0 Å². The quantitative estimate of drug-likeness (QED) is 0.719. The molecule has 19 heavy (non-hydrogen) atoms. The Morgan fingerprint density at radius 3 is 2.95 bits per heavy atom. The Morgan fingerprint density at radius 2 is 2.05 bits per heavy atom. The Labute approximate surface area is 115 Å². The molecule has 0 radical (unpaired) electrons. The molecule has 1 N–H and O–H groups in total. The van der Waals surface area contributed by atoms with Crippen molar-refractivity contribution in [2.75, 3.05) is 6.73 Å². The molecule has 0 saturated heterocycles. The molecule has 94 valence electrons. The lowest BCUT2D eigenvalue weighted by atomic mass is 10.0. The molecule has 2 heterocycles. The van der Waals surface area contributed by atoms with Crippen LogP contribution < -0.4 is 10.1 Å². The largest absolute Gasteiger partial charge is 0.477 e. The van der Waals surface area contributed by atoms with Crippen molar-refractivity contribution in [3.8, 4) is 16.2 Å². The second-order valence-corrected chi connectivity index (χ2v) is 5.63. The molecule has 0 bridgehead atoms. The summed E-state index contributed by atoms with van der Waals surface area (Å²) in [5, 5.41) is 7.79. The molecule has 0 spiro atoms. The highest BCUT2D eigenvalue weighted by Crippen LogP contribution is 2.35. The molecule has 0 saturated carbocycles. The van der Waals surface area contributed by atoms with Gasteiger partial charge in [-0.3, -0.25) is 5.32 Å². The van der Waals surface area contributed by atoms with Crippen LogP contribution in [-0.4, -0.2) is 6.73 Å². The Morgan fingerprint density at radius 1 is 1.11 bits per heavy atom. The van der Waals surface area contributed by atoms with Crippen LogP contribution in [0.3, 0.4) is 0 Å². The minimum Gasteiger partial charge on any atom is -0.477 e. The zero-order valence-corrected chi connectivity index (χ0v) is 11.2. The van der Waals surface area contributed by atoms with Gasteiger partial charge >= 0.3 is 0 Å². The number of nitrogens with one attached hydrogen (secondary N) is 1. The summed E-state index contributed by atoms with van der Waals surface area (Å²) >= 11 is 1.77. The maximum absolute atomic E-state index is 5.80. The minimum absolute atomic E-state index is 0.593. The lowest BCUT2D eigenvalue weighted by Crippen LogP contribution is -2.25. The zero-order chi connectivity index (χ0) is 12.7. The topological polar surface area (TPSA) is 21.3 Å². The van der Waals surface area contributed by atoms with E-state index in [0.29, 0.717) is 6.73 Å². The number of fused-ring (bicyclic) bond motifs is 3. The normalized spacial score (nSPS) is 14.1. The van der Waals surface area contributed by atoms with E-state index in [2.05, 4.69) is 53.2 Å². The smallest absolute Gasteiger partial charge is 0.139 e. The Balaban J connectivity index is 1.96. The average molecular weight is 267 g/mol. The lowest BCUT2D eigenvalue weighted by Gasteiger charge is -2.20. The molecule has 0 aliphatic carbocycles. The van der Waals surface area contributed by atoms with Gasteiger partial charge in [0.05, 0.1) is 0 Å².